The topological polar surface area (TPSA) is 52.6 Å². The lowest BCUT2D eigenvalue weighted by Gasteiger charge is -2.19. The molecular formula is C14H19FN2O2. The summed E-state index contributed by atoms with van der Waals surface area (Å²) in [6.07, 6.45) is 2.32. The minimum Gasteiger partial charge on any atom is -0.481 e. The van der Waals surface area contributed by atoms with E-state index in [2.05, 4.69) is 10.2 Å². The van der Waals surface area contributed by atoms with Crippen molar-refractivity contribution in [1.82, 2.24) is 5.32 Å². The third-order valence-corrected chi connectivity index (χ3v) is 3.30. The molecule has 2 N–H and O–H groups in total. The van der Waals surface area contributed by atoms with Gasteiger partial charge in [-0.15, -0.1) is 0 Å². The highest BCUT2D eigenvalue weighted by Gasteiger charge is 2.16. The van der Waals surface area contributed by atoms with Crippen molar-refractivity contribution in [3.8, 4) is 0 Å². The van der Waals surface area contributed by atoms with Crippen LogP contribution in [-0.4, -0.2) is 30.7 Å². The number of anilines is 1. The Balaban J connectivity index is 1.94. The Labute approximate surface area is 112 Å². The number of carboxylic acids is 1. The predicted octanol–water partition coefficient (Wildman–Crippen LogP) is 1.99. The Morgan fingerprint density at radius 1 is 1.37 bits per heavy atom. The van der Waals surface area contributed by atoms with E-state index < -0.39 is 5.97 Å². The normalized spacial score (nSPS) is 14.9. The monoisotopic (exact) mass is 266 g/mol. The van der Waals surface area contributed by atoms with Gasteiger partial charge < -0.3 is 15.3 Å². The van der Waals surface area contributed by atoms with Gasteiger partial charge in [-0.05, 0) is 30.5 Å². The van der Waals surface area contributed by atoms with Crippen LogP contribution in [0, 0.1) is 5.82 Å². The molecule has 104 valence electrons. The number of benzene rings is 1. The number of carbonyl (C=O) groups is 1. The minimum absolute atomic E-state index is 0.0974. The van der Waals surface area contributed by atoms with E-state index in [1.165, 1.54) is 6.07 Å². The first-order chi connectivity index (χ1) is 9.16. The fourth-order valence-electron chi connectivity index (χ4n) is 2.30. The summed E-state index contributed by atoms with van der Waals surface area (Å²) in [4.78, 5) is 12.5. The van der Waals surface area contributed by atoms with Crippen molar-refractivity contribution in [3.63, 3.8) is 0 Å². The van der Waals surface area contributed by atoms with Gasteiger partial charge in [0.15, 0.2) is 0 Å². The molecule has 1 aromatic rings. The van der Waals surface area contributed by atoms with Gasteiger partial charge in [-0.1, -0.05) is 6.07 Å². The molecule has 1 fully saturated rings. The highest BCUT2D eigenvalue weighted by molar-refractivity contribution is 5.66. The van der Waals surface area contributed by atoms with E-state index in [0.717, 1.165) is 31.5 Å². The molecule has 1 aromatic carbocycles. The maximum Gasteiger partial charge on any atom is 0.304 e. The quantitative estimate of drug-likeness (QED) is 0.773. The summed E-state index contributed by atoms with van der Waals surface area (Å²) in [6.45, 7) is 2.81. The van der Waals surface area contributed by atoms with E-state index in [4.69, 9.17) is 5.11 Å². The lowest BCUT2D eigenvalue weighted by molar-refractivity contribution is -0.136. The number of halogens is 1. The number of nitrogens with zero attached hydrogens (tertiary/aromatic N) is 1. The standard InChI is InChI=1S/C14H19FN2O2/c15-12-4-3-11(10-16-6-5-14(18)19)9-13(12)17-7-1-2-8-17/h3-4,9,16H,1-2,5-8,10H2,(H,18,19). The van der Waals surface area contributed by atoms with Gasteiger partial charge in [-0.2, -0.15) is 0 Å². The summed E-state index contributed by atoms with van der Waals surface area (Å²) in [5.74, 6) is -0.999. The van der Waals surface area contributed by atoms with Crippen molar-refractivity contribution in [2.75, 3.05) is 24.5 Å². The summed E-state index contributed by atoms with van der Waals surface area (Å²) < 4.78 is 13.8. The van der Waals surface area contributed by atoms with E-state index in [1.807, 2.05) is 6.07 Å². The van der Waals surface area contributed by atoms with Crippen molar-refractivity contribution in [3.05, 3.63) is 29.6 Å². The number of nitrogens with one attached hydrogen (secondary N) is 1. The van der Waals surface area contributed by atoms with Gasteiger partial charge in [0, 0.05) is 26.2 Å². The summed E-state index contributed by atoms with van der Waals surface area (Å²) in [5.41, 5.74) is 1.64. The molecule has 1 saturated heterocycles. The van der Waals surface area contributed by atoms with Crippen LogP contribution in [-0.2, 0) is 11.3 Å². The van der Waals surface area contributed by atoms with Gasteiger partial charge in [0.2, 0.25) is 0 Å². The molecule has 5 heteroatoms. The first-order valence-corrected chi connectivity index (χ1v) is 6.63. The second kappa shape index (κ2) is 6.52. The van der Waals surface area contributed by atoms with Crippen LogP contribution in [0.15, 0.2) is 18.2 Å². The van der Waals surface area contributed by atoms with Gasteiger partial charge >= 0.3 is 5.97 Å². The van der Waals surface area contributed by atoms with Gasteiger partial charge in [-0.25, -0.2) is 4.39 Å². The lowest BCUT2D eigenvalue weighted by atomic mass is 10.1. The molecule has 1 heterocycles. The smallest absolute Gasteiger partial charge is 0.304 e. The van der Waals surface area contributed by atoms with Crippen molar-refractivity contribution >= 4 is 11.7 Å². The van der Waals surface area contributed by atoms with E-state index in [1.54, 1.807) is 6.07 Å². The van der Waals surface area contributed by atoms with Gasteiger partial charge in [0.05, 0.1) is 12.1 Å². The average Bonchev–Trinajstić information content (AvgIpc) is 2.90. The molecular weight excluding hydrogens is 247 g/mol. The molecule has 2 rings (SSSR count). The second-order valence-corrected chi connectivity index (χ2v) is 4.80. The maximum absolute atomic E-state index is 13.8. The number of hydrogen-bond donors (Lipinski definition) is 2. The van der Waals surface area contributed by atoms with Crippen LogP contribution in [0.5, 0.6) is 0 Å². The Morgan fingerprint density at radius 3 is 2.79 bits per heavy atom. The molecule has 0 bridgehead atoms. The molecule has 19 heavy (non-hydrogen) atoms. The summed E-state index contributed by atoms with van der Waals surface area (Å²) in [6, 6.07) is 5.08. The fourth-order valence-corrected chi connectivity index (χ4v) is 2.30. The predicted molar refractivity (Wildman–Crippen MR) is 71.8 cm³/mol. The van der Waals surface area contributed by atoms with Crippen molar-refractivity contribution in [1.29, 1.82) is 0 Å². The van der Waals surface area contributed by atoms with Crippen LogP contribution in [0.2, 0.25) is 0 Å². The highest BCUT2D eigenvalue weighted by atomic mass is 19.1. The highest BCUT2D eigenvalue weighted by Crippen LogP contribution is 2.24. The SMILES string of the molecule is O=C(O)CCNCc1ccc(F)c(N2CCCC2)c1. The van der Waals surface area contributed by atoms with Gasteiger partial charge in [0.1, 0.15) is 5.82 Å². The largest absolute Gasteiger partial charge is 0.481 e. The van der Waals surface area contributed by atoms with Crippen molar-refractivity contribution in [2.24, 2.45) is 0 Å². The average molecular weight is 266 g/mol. The van der Waals surface area contributed by atoms with Crippen LogP contribution in [0.25, 0.3) is 0 Å². The Morgan fingerprint density at radius 2 is 2.11 bits per heavy atom. The number of hydrogen-bond acceptors (Lipinski definition) is 3. The van der Waals surface area contributed by atoms with Crippen molar-refractivity contribution in [2.45, 2.75) is 25.8 Å². The Bertz CT molecular complexity index is 445. The Hall–Kier alpha value is -1.62. The van der Waals surface area contributed by atoms with Gasteiger partial charge in [-0.3, -0.25) is 4.79 Å². The minimum atomic E-state index is -0.815. The van der Waals surface area contributed by atoms with Crippen molar-refractivity contribution < 1.29 is 14.3 Å². The lowest BCUT2D eigenvalue weighted by Crippen LogP contribution is -2.20. The van der Waals surface area contributed by atoms with Crippen LogP contribution in [0.3, 0.4) is 0 Å². The summed E-state index contributed by atoms with van der Waals surface area (Å²) in [7, 11) is 0. The van der Waals surface area contributed by atoms with E-state index in [-0.39, 0.29) is 12.2 Å². The third kappa shape index (κ3) is 3.92. The molecule has 0 aliphatic carbocycles. The van der Waals surface area contributed by atoms with E-state index in [9.17, 15) is 9.18 Å². The molecule has 0 saturated carbocycles. The van der Waals surface area contributed by atoms with E-state index >= 15 is 0 Å². The second-order valence-electron chi connectivity index (χ2n) is 4.80. The molecule has 1 aliphatic heterocycles. The summed E-state index contributed by atoms with van der Waals surface area (Å²) >= 11 is 0. The van der Waals surface area contributed by atoms with Crippen LogP contribution < -0.4 is 10.2 Å². The Kier molecular flexibility index (Phi) is 4.74. The molecule has 4 nitrogen and oxygen atoms in total. The van der Waals surface area contributed by atoms with Crippen LogP contribution in [0.4, 0.5) is 10.1 Å². The van der Waals surface area contributed by atoms with Crippen LogP contribution >= 0.6 is 0 Å². The number of carboxylic acid groups (broad SMARTS) is 1. The fraction of sp³-hybridized carbons (Fsp3) is 0.500. The zero-order chi connectivity index (χ0) is 13.7. The first-order valence-electron chi connectivity index (χ1n) is 6.63. The third-order valence-electron chi connectivity index (χ3n) is 3.30. The maximum atomic E-state index is 13.8. The van der Waals surface area contributed by atoms with E-state index in [0.29, 0.717) is 18.8 Å². The molecule has 0 radical (unpaired) electrons. The molecule has 0 aromatic heterocycles. The molecule has 0 amide bonds. The van der Waals surface area contributed by atoms with Crippen LogP contribution in [0.1, 0.15) is 24.8 Å². The first kappa shape index (κ1) is 13.8. The molecule has 0 unspecified atom stereocenters. The number of aliphatic carboxylic acids is 1. The molecule has 1 aliphatic rings. The molecule has 0 spiro atoms. The van der Waals surface area contributed by atoms with Gasteiger partial charge in [0.25, 0.3) is 0 Å². The zero-order valence-electron chi connectivity index (χ0n) is 10.9. The summed E-state index contributed by atoms with van der Waals surface area (Å²) in [5, 5.41) is 11.6. The molecule has 0 atom stereocenters. The number of rotatable bonds is 6. The zero-order valence-corrected chi connectivity index (χ0v) is 10.9.